The number of likely N-dealkylation sites (tertiary alicyclic amines) is 1. The lowest BCUT2D eigenvalue weighted by atomic mass is 10.1. The summed E-state index contributed by atoms with van der Waals surface area (Å²) in [6.45, 7) is 4.49. The Bertz CT molecular complexity index is 325. The van der Waals surface area contributed by atoms with Crippen molar-refractivity contribution in [1.29, 1.82) is 0 Å². The molecule has 1 heterocycles. The van der Waals surface area contributed by atoms with Crippen molar-refractivity contribution >= 4 is 0 Å². The average molecular weight is 233 g/mol. The van der Waals surface area contributed by atoms with Gasteiger partial charge >= 0.3 is 0 Å². The van der Waals surface area contributed by atoms with Crippen LogP contribution in [-0.4, -0.2) is 29.1 Å². The SMILES string of the molecule is CCC1CCCN1CCC(O)c1ccccc1. The van der Waals surface area contributed by atoms with Crippen LogP contribution in [0.25, 0.3) is 0 Å². The van der Waals surface area contributed by atoms with Crippen LogP contribution < -0.4 is 0 Å². The normalized spacial score (nSPS) is 22.8. The first-order valence-corrected chi connectivity index (χ1v) is 6.78. The Morgan fingerprint density at radius 2 is 2.12 bits per heavy atom. The summed E-state index contributed by atoms with van der Waals surface area (Å²) in [6.07, 6.45) is 4.43. The van der Waals surface area contributed by atoms with Crippen LogP contribution in [0.3, 0.4) is 0 Å². The van der Waals surface area contributed by atoms with Crippen LogP contribution in [0.2, 0.25) is 0 Å². The lowest BCUT2D eigenvalue weighted by Crippen LogP contribution is -2.30. The molecule has 0 bridgehead atoms. The summed E-state index contributed by atoms with van der Waals surface area (Å²) in [6, 6.07) is 10.7. The van der Waals surface area contributed by atoms with Gasteiger partial charge in [-0.05, 0) is 37.8 Å². The molecule has 1 aromatic rings. The zero-order chi connectivity index (χ0) is 12.1. The quantitative estimate of drug-likeness (QED) is 0.845. The van der Waals surface area contributed by atoms with Gasteiger partial charge in [-0.15, -0.1) is 0 Å². The summed E-state index contributed by atoms with van der Waals surface area (Å²) in [7, 11) is 0. The van der Waals surface area contributed by atoms with Crippen molar-refractivity contribution in [3.05, 3.63) is 35.9 Å². The molecule has 2 heteroatoms. The van der Waals surface area contributed by atoms with Crippen molar-refractivity contribution in [2.24, 2.45) is 0 Å². The van der Waals surface area contributed by atoms with Crippen molar-refractivity contribution in [3.8, 4) is 0 Å². The minimum atomic E-state index is -0.311. The number of rotatable bonds is 5. The first kappa shape index (κ1) is 12.6. The summed E-state index contributed by atoms with van der Waals surface area (Å²) < 4.78 is 0. The highest BCUT2D eigenvalue weighted by atomic mass is 16.3. The van der Waals surface area contributed by atoms with Crippen LogP contribution >= 0.6 is 0 Å². The van der Waals surface area contributed by atoms with Crippen LogP contribution in [0.4, 0.5) is 0 Å². The van der Waals surface area contributed by atoms with E-state index in [-0.39, 0.29) is 6.10 Å². The molecule has 2 nitrogen and oxygen atoms in total. The molecule has 1 aliphatic rings. The van der Waals surface area contributed by atoms with Crippen LogP contribution in [-0.2, 0) is 0 Å². The Hall–Kier alpha value is -0.860. The topological polar surface area (TPSA) is 23.5 Å². The van der Waals surface area contributed by atoms with Gasteiger partial charge in [-0.3, -0.25) is 0 Å². The number of hydrogen-bond acceptors (Lipinski definition) is 2. The molecule has 0 spiro atoms. The van der Waals surface area contributed by atoms with E-state index in [1.165, 1.54) is 25.8 Å². The second-order valence-corrected chi connectivity index (χ2v) is 4.96. The Morgan fingerprint density at radius 1 is 1.35 bits per heavy atom. The first-order valence-electron chi connectivity index (χ1n) is 6.78. The summed E-state index contributed by atoms with van der Waals surface area (Å²) in [5, 5.41) is 10.1. The molecule has 2 rings (SSSR count). The van der Waals surface area contributed by atoms with E-state index in [0.29, 0.717) is 0 Å². The summed E-state index contributed by atoms with van der Waals surface area (Å²) in [5.41, 5.74) is 1.04. The number of hydrogen-bond donors (Lipinski definition) is 1. The third kappa shape index (κ3) is 3.30. The van der Waals surface area contributed by atoms with Crippen LogP contribution in [0, 0.1) is 0 Å². The predicted octanol–water partition coefficient (Wildman–Crippen LogP) is 2.98. The molecule has 0 saturated carbocycles. The van der Waals surface area contributed by atoms with Crippen molar-refractivity contribution < 1.29 is 5.11 Å². The third-order valence-corrected chi connectivity index (χ3v) is 3.84. The van der Waals surface area contributed by atoms with Gasteiger partial charge in [-0.25, -0.2) is 0 Å². The highest BCUT2D eigenvalue weighted by Crippen LogP contribution is 2.23. The molecule has 2 atom stereocenters. The van der Waals surface area contributed by atoms with Gasteiger partial charge in [-0.2, -0.15) is 0 Å². The molecule has 1 N–H and O–H groups in total. The van der Waals surface area contributed by atoms with Crippen molar-refractivity contribution in [3.63, 3.8) is 0 Å². The molecule has 1 aliphatic heterocycles. The molecule has 0 amide bonds. The van der Waals surface area contributed by atoms with E-state index in [2.05, 4.69) is 11.8 Å². The largest absolute Gasteiger partial charge is 0.388 e. The lowest BCUT2D eigenvalue weighted by molar-refractivity contribution is 0.137. The molecule has 0 aliphatic carbocycles. The number of aliphatic hydroxyl groups excluding tert-OH is 1. The molecule has 1 aromatic carbocycles. The molecule has 1 saturated heterocycles. The van der Waals surface area contributed by atoms with Crippen molar-refractivity contribution in [1.82, 2.24) is 4.90 Å². The maximum atomic E-state index is 10.1. The molecule has 94 valence electrons. The van der Waals surface area contributed by atoms with Gasteiger partial charge in [0.05, 0.1) is 6.10 Å². The lowest BCUT2D eigenvalue weighted by Gasteiger charge is -2.24. The van der Waals surface area contributed by atoms with Crippen LogP contribution in [0.5, 0.6) is 0 Å². The van der Waals surface area contributed by atoms with Crippen molar-refractivity contribution in [2.45, 2.75) is 44.8 Å². The minimum absolute atomic E-state index is 0.311. The van der Waals surface area contributed by atoms with Gasteiger partial charge in [0, 0.05) is 12.6 Å². The molecule has 1 fully saturated rings. The molecule has 2 unspecified atom stereocenters. The monoisotopic (exact) mass is 233 g/mol. The minimum Gasteiger partial charge on any atom is -0.388 e. The van der Waals surface area contributed by atoms with Gasteiger partial charge in [0.15, 0.2) is 0 Å². The number of benzene rings is 1. The van der Waals surface area contributed by atoms with Crippen molar-refractivity contribution in [2.75, 3.05) is 13.1 Å². The van der Waals surface area contributed by atoms with Crippen LogP contribution in [0.1, 0.15) is 44.3 Å². The van der Waals surface area contributed by atoms with E-state index in [1.807, 2.05) is 30.3 Å². The molecule has 0 aromatic heterocycles. The number of aliphatic hydroxyl groups is 1. The van der Waals surface area contributed by atoms with Gasteiger partial charge in [-0.1, -0.05) is 37.3 Å². The van der Waals surface area contributed by atoms with Gasteiger partial charge in [0.1, 0.15) is 0 Å². The summed E-state index contributed by atoms with van der Waals surface area (Å²) >= 11 is 0. The van der Waals surface area contributed by atoms with Crippen LogP contribution in [0.15, 0.2) is 30.3 Å². The van der Waals surface area contributed by atoms with E-state index >= 15 is 0 Å². The Morgan fingerprint density at radius 3 is 2.82 bits per heavy atom. The zero-order valence-electron chi connectivity index (χ0n) is 10.7. The highest BCUT2D eigenvalue weighted by molar-refractivity contribution is 5.17. The molecule has 0 radical (unpaired) electrons. The van der Waals surface area contributed by atoms with Gasteiger partial charge < -0.3 is 10.0 Å². The fraction of sp³-hybridized carbons (Fsp3) is 0.600. The van der Waals surface area contributed by atoms with E-state index < -0.39 is 0 Å². The van der Waals surface area contributed by atoms with E-state index in [9.17, 15) is 5.11 Å². The number of nitrogens with zero attached hydrogens (tertiary/aromatic N) is 1. The smallest absolute Gasteiger partial charge is 0.0802 e. The zero-order valence-corrected chi connectivity index (χ0v) is 10.7. The molecular weight excluding hydrogens is 210 g/mol. The van der Waals surface area contributed by atoms with E-state index in [4.69, 9.17) is 0 Å². The second kappa shape index (κ2) is 6.18. The predicted molar refractivity (Wildman–Crippen MR) is 70.9 cm³/mol. The van der Waals surface area contributed by atoms with E-state index in [0.717, 1.165) is 24.6 Å². The van der Waals surface area contributed by atoms with Gasteiger partial charge in [0.2, 0.25) is 0 Å². The fourth-order valence-corrected chi connectivity index (χ4v) is 2.78. The average Bonchev–Trinajstić information content (AvgIpc) is 2.84. The fourth-order valence-electron chi connectivity index (χ4n) is 2.78. The Labute approximate surface area is 104 Å². The summed E-state index contributed by atoms with van der Waals surface area (Å²) in [4.78, 5) is 2.53. The standard InChI is InChI=1S/C15H23NO/c1-2-14-9-6-11-16(14)12-10-15(17)13-7-4-3-5-8-13/h3-5,7-8,14-15,17H,2,6,9-12H2,1H3. The molecule has 17 heavy (non-hydrogen) atoms. The second-order valence-electron chi connectivity index (χ2n) is 4.96. The van der Waals surface area contributed by atoms with E-state index in [1.54, 1.807) is 0 Å². The van der Waals surface area contributed by atoms with Gasteiger partial charge in [0.25, 0.3) is 0 Å². The summed E-state index contributed by atoms with van der Waals surface area (Å²) in [5.74, 6) is 0. The Balaban J connectivity index is 1.82. The first-order chi connectivity index (χ1) is 8.31. The third-order valence-electron chi connectivity index (χ3n) is 3.84. The molecular formula is C15H23NO. The highest BCUT2D eigenvalue weighted by Gasteiger charge is 2.23. The Kier molecular flexibility index (Phi) is 4.57. The maximum Gasteiger partial charge on any atom is 0.0802 e. The maximum absolute atomic E-state index is 10.1.